The van der Waals surface area contributed by atoms with Crippen molar-refractivity contribution in [1.82, 2.24) is 0 Å². The number of ether oxygens (including phenoxy) is 1. The van der Waals surface area contributed by atoms with E-state index >= 15 is 0 Å². The maximum atomic E-state index is 8.94. The lowest BCUT2D eigenvalue weighted by Crippen LogP contribution is -1.82. The molecule has 1 rings (SSSR count). The third-order valence-electron chi connectivity index (χ3n) is 1.09. The third-order valence-corrected chi connectivity index (χ3v) is 1.09. The lowest BCUT2D eigenvalue weighted by Gasteiger charge is -2.01. The molecule has 0 unspecified atom stereocenters. The molecule has 3 heteroatoms. The van der Waals surface area contributed by atoms with E-state index in [2.05, 4.69) is 10.8 Å². The second-order valence-corrected chi connectivity index (χ2v) is 1.77. The minimum absolute atomic E-state index is 0.0228. The van der Waals surface area contributed by atoms with Crippen LogP contribution in [0.15, 0.2) is 12.1 Å². The predicted octanol–water partition coefficient (Wildman–Crippen LogP) is 0.907. The summed E-state index contributed by atoms with van der Waals surface area (Å²) in [7, 11) is 1.41. The zero-order chi connectivity index (χ0) is 7.56. The Morgan fingerprint density at radius 1 is 1.50 bits per heavy atom. The van der Waals surface area contributed by atoms with E-state index in [4.69, 9.17) is 10.2 Å². The normalized spacial score (nSPS) is 9.30. The van der Waals surface area contributed by atoms with Crippen molar-refractivity contribution in [1.29, 1.82) is 0 Å². The largest absolute Gasteiger partial charge is 0.508 e. The first-order valence-electron chi connectivity index (χ1n) is 2.71. The van der Waals surface area contributed by atoms with Gasteiger partial charge < -0.3 is 14.9 Å². The summed E-state index contributed by atoms with van der Waals surface area (Å²) in [6, 6.07) is 4.97. The Morgan fingerprint density at radius 2 is 2.20 bits per heavy atom. The molecule has 0 saturated heterocycles. The molecule has 0 spiro atoms. The van der Waals surface area contributed by atoms with Crippen LogP contribution in [0.5, 0.6) is 17.2 Å². The number of hydrogen-bond acceptors (Lipinski definition) is 3. The van der Waals surface area contributed by atoms with Gasteiger partial charge in [-0.05, 0) is 6.07 Å². The summed E-state index contributed by atoms with van der Waals surface area (Å²) >= 11 is 0. The molecule has 1 aromatic carbocycles. The van der Waals surface area contributed by atoms with Crippen LogP contribution in [0.1, 0.15) is 0 Å². The van der Waals surface area contributed by atoms with E-state index in [0.29, 0.717) is 0 Å². The van der Waals surface area contributed by atoms with Crippen LogP contribution < -0.4 is 4.74 Å². The highest BCUT2D eigenvalue weighted by Gasteiger charge is 2.00. The molecule has 0 atom stereocenters. The lowest BCUT2D eigenvalue weighted by atomic mass is 10.3. The van der Waals surface area contributed by atoms with Gasteiger partial charge in [0.15, 0.2) is 11.5 Å². The molecule has 0 aliphatic carbocycles. The Bertz CT molecular complexity index is 232. The van der Waals surface area contributed by atoms with E-state index < -0.39 is 0 Å². The number of hydrogen-bond donors (Lipinski definition) is 2. The summed E-state index contributed by atoms with van der Waals surface area (Å²) in [5, 5.41) is 17.8. The quantitative estimate of drug-likeness (QED) is 0.568. The van der Waals surface area contributed by atoms with Crippen LogP contribution in [0, 0.1) is 6.07 Å². The number of benzene rings is 1. The van der Waals surface area contributed by atoms with Crippen molar-refractivity contribution in [2.75, 3.05) is 7.11 Å². The topological polar surface area (TPSA) is 49.7 Å². The highest BCUT2D eigenvalue weighted by molar-refractivity contribution is 5.42. The van der Waals surface area contributed by atoms with Gasteiger partial charge in [-0.25, -0.2) is 0 Å². The van der Waals surface area contributed by atoms with Gasteiger partial charge in [-0.15, -0.1) is 0 Å². The molecule has 10 heavy (non-hydrogen) atoms. The van der Waals surface area contributed by atoms with Crippen molar-refractivity contribution in [2.24, 2.45) is 0 Å². The first-order valence-corrected chi connectivity index (χ1v) is 2.71. The molecule has 0 aromatic heterocycles. The number of methoxy groups -OCH3 is 1. The van der Waals surface area contributed by atoms with Crippen LogP contribution in [-0.2, 0) is 0 Å². The highest BCUT2D eigenvalue weighted by Crippen LogP contribution is 2.28. The molecular formula is C7H7O3. The molecule has 1 aromatic rings. The number of phenols is 2. The number of rotatable bonds is 1. The summed E-state index contributed by atoms with van der Waals surface area (Å²) in [5.41, 5.74) is 0. The maximum absolute atomic E-state index is 8.94. The molecule has 53 valence electrons. The van der Waals surface area contributed by atoms with Crippen molar-refractivity contribution in [2.45, 2.75) is 0 Å². The molecule has 1 radical (unpaired) electrons. The minimum Gasteiger partial charge on any atom is -0.508 e. The van der Waals surface area contributed by atoms with Gasteiger partial charge in [0.1, 0.15) is 5.75 Å². The number of aromatic hydroxyl groups is 2. The third kappa shape index (κ3) is 1.13. The first kappa shape index (κ1) is 6.74. The molecule has 0 aliphatic heterocycles. The summed E-state index contributed by atoms with van der Waals surface area (Å²) in [6.07, 6.45) is 0. The van der Waals surface area contributed by atoms with E-state index in [1.54, 1.807) is 0 Å². The molecule has 0 aliphatic rings. The smallest absolute Gasteiger partial charge is 0.166 e. The van der Waals surface area contributed by atoms with Gasteiger partial charge >= 0.3 is 0 Å². The Balaban J connectivity index is 3.09. The fourth-order valence-corrected chi connectivity index (χ4v) is 0.613. The minimum atomic E-state index is -0.0969. The van der Waals surface area contributed by atoms with Gasteiger partial charge in [0, 0.05) is 12.1 Å². The van der Waals surface area contributed by atoms with Crippen molar-refractivity contribution in [3.63, 3.8) is 0 Å². The summed E-state index contributed by atoms with van der Waals surface area (Å²) in [5.74, 6) is 0.148. The van der Waals surface area contributed by atoms with Gasteiger partial charge in [-0.2, -0.15) is 0 Å². The van der Waals surface area contributed by atoms with Crippen molar-refractivity contribution >= 4 is 0 Å². The van der Waals surface area contributed by atoms with E-state index in [-0.39, 0.29) is 17.2 Å². The molecule has 0 fully saturated rings. The molecule has 0 amide bonds. The molecule has 2 N–H and O–H groups in total. The lowest BCUT2D eigenvalue weighted by molar-refractivity contribution is 0.368. The van der Waals surface area contributed by atoms with E-state index in [0.717, 1.165) is 0 Å². The van der Waals surface area contributed by atoms with Crippen LogP contribution in [0.4, 0.5) is 0 Å². The summed E-state index contributed by atoms with van der Waals surface area (Å²) in [6.45, 7) is 0. The monoisotopic (exact) mass is 139 g/mol. The van der Waals surface area contributed by atoms with Gasteiger partial charge in [0.2, 0.25) is 0 Å². The Hall–Kier alpha value is -1.38. The average molecular weight is 139 g/mol. The summed E-state index contributed by atoms with van der Waals surface area (Å²) in [4.78, 5) is 0. The van der Waals surface area contributed by atoms with Crippen LogP contribution in [0.25, 0.3) is 0 Å². The van der Waals surface area contributed by atoms with Crippen molar-refractivity contribution in [3.05, 3.63) is 18.2 Å². The highest BCUT2D eigenvalue weighted by atomic mass is 16.5. The molecular weight excluding hydrogens is 132 g/mol. The molecule has 0 heterocycles. The fraction of sp³-hybridized carbons (Fsp3) is 0.143. The SMILES string of the molecule is COc1cc(O)c[c]c1O. The van der Waals surface area contributed by atoms with Crippen molar-refractivity contribution < 1.29 is 14.9 Å². The summed E-state index contributed by atoms with van der Waals surface area (Å²) < 4.78 is 4.68. The Kier molecular flexibility index (Phi) is 1.67. The average Bonchev–Trinajstić information content (AvgIpc) is 1.94. The van der Waals surface area contributed by atoms with Gasteiger partial charge in [-0.1, -0.05) is 0 Å². The zero-order valence-electron chi connectivity index (χ0n) is 5.46. The van der Waals surface area contributed by atoms with Crippen LogP contribution >= 0.6 is 0 Å². The zero-order valence-corrected chi connectivity index (χ0v) is 5.46. The molecule has 0 saturated carbocycles. The molecule has 3 nitrogen and oxygen atoms in total. The van der Waals surface area contributed by atoms with E-state index in [1.807, 2.05) is 0 Å². The maximum Gasteiger partial charge on any atom is 0.166 e. The van der Waals surface area contributed by atoms with E-state index in [9.17, 15) is 0 Å². The van der Waals surface area contributed by atoms with Crippen LogP contribution in [0.2, 0.25) is 0 Å². The Labute approximate surface area is 58.5 Å². The van der Waals surface area contributed by atoms with E-state index in [1.165, 1.54) is 19.2 Å². The van der Waals surface area contributed by atoms with Gasteiger partial charge in [-0.3, -0.25) is 0 Å². The first-order chi connectivity index (χ1) is 4.74. The standard InChI is InChI=1S/C7H7O3/c1-10-7-4-5(8)2-3-6(7)9/h2,4,8-9H,1H3. The second-order valence-electron chi connectivity index (χ2n) is 1.77. The molecule has 0 bridgehead atoms. The van der Waals surface area contributed by atoms with Crippen LogP contribution in [0.3, 0.4) is 0 Å². The fourth-order valence-electron chi connectivity index (χ4n) is 0.613. The van der Waals surface area contributed by atoms with Crippen LogP contribution in [-0.4, -0.2) is 17.3 Å². The van der Waals surface area contributed by atoms with Gasteiger partial charge in [0.05, 0.1) is 7.11 Å². The van der Waals surface area contributed by atoms with Crippen molar-refractivity contribution in [3.8, 4) is 17.2 Å². The second kappa shape index (κ2) is 2.47. The van der Waals surface area contributed by atoms with Gasteiger partial charge in [0.25, 0.3) is 0 Å². The Morgan fingerprint density at radius 3 is 2.70 bits per heavy atom. The number of phenolic OH excluding ortho intramolecular Hbond substituents is 2. The predicted molar refractivity (Wildman–Crippen MR) is 35.2 cm³/mol.